The molecule has 1 unspecified atom stereocenters. The predicted molar refractivity (Wildman–Crippen MR) is 64.5 cm³/mol. The number of benzene rings is 1. The van der Waals surface area contributed by atoms with E-state index in [1.54, 1.807) is 0 Å². The lowest BCUT2D eigenvalue weighted by molar-refractivity contribution is 0.920. The first-order chi connectivity index (χ1) is 6.72. The number of fused-ring (bicyclic) bond motifs is 1. The molecule has 0 nitrogen and oxygen atoms in total. The monoisotopic (exact) mass is 188 g/mol. The van der Waals surface area contributed by atoms with Crippen molar-refractivity contribution in [2.75, 3.05) is 0 Å². The second kappa shape index (κ2) is 4.45. The van der Waals surface area contributed by atoms with Crippen LogP contribution in [-0.2, 0) is 0 Å². The standard InChI is InChI=1S/C12H14.C2H6/c1-8-9(2)11-6-4-5-7-12(11)10(8)3;1-2/h4-7,9H,1-3H3;1-2H3. The summed E-state index contributed by atoms with van der Waals surface area (Å²) >= 11 is 0. The van der Waals surface area contributed by atoms with Crippen molar-refractivity contribution in [2.24, 2.45) is 0 Å². The second-order valence-electron chi connectivity index (χ2n) is 3.62. The van der Waals surface area contributed by atoms with Crippen LogP contribution in [0.3, 0.4) is 0 Å². The number of allylic oxidation sites excluding steroid dienone is 2. The van der Waals surface area contributed by atoms with Crippen LogP contribution in [0.25, 0.3) is 5.57 Å². The molecule has 0 aliphatic heterocycles. The summed E-state index contributed by atoms with van der Waals surface area (Å²) in [5.74, 6) is 0.626. The van der Waals surface area contributed by atoms with Crippen molar-refractivity contribution >= 4 is 5.57 Å². The Morgan fingerprint density at radius 2 is 1.57 bits per heavy atom. The van der Waals surface area contributed by atoms with E-state index in [0.29, 0.717) is 5.92 Å². The third-order valence-electron chi connectivity index (χ3n) is 3.07. The quantitative estimate of drug-likeness (QED) is 0.557. The highest BCUT2D eigenvalue weighted by Gasteiger charge is 2.21. The summed E-state index contributed by atoms with van der Waals surface area (Å²) in [6.45, 7) is 10.7. The van der Waals surface area contributed by atoms with E-state index in [1.807, 2.05) is 13.8 Å². The fourth-order valence-corrected chi connectivity index (χ4v) is 1.99. The van der Waals surface area contributed by atoms with E-state index in [0.717, 1.165) is 0 Å². The van der Waals surface area contributed by atoms with Gasteiger partial charge in [-0.2, -0.15) is 0 Å². The van der Waals surface area contributed by atoms with Gasteiger partial charge in [-0.05, 0) is 30.5 Å². The van der Waals surface area contributed by atoms with Gasteiger partial charge in [-0.1, -0.05) is 50.6 Å². The number of hydrogen-bond donors (Lipinski definition) is 0. The van der Waals surface area contributed by atoms with Crippen molar-refractivity contribution in [1.82, 2.24) is 0 Å². The zero-order chi connectivity index (χ0) is 10.7. The largest absolute Gasteiger partial charge is 0.0683 e. The molecule has 0 fully saturated rings. The zero-order valence-electron chi connectivity index (χ0n) is 9.89. The molecule has 14 heavy (non-hydrogen) atoms. The van der Waals surface area contributed by atoms with Gasteiger partial charge in [0.1, 0.15) is 0 Å². The summed E-state index contributed by atoms with van der Waals surface area (Å²) < 4.78 is 0. The molecule has 0 spiro atoms. The summed E-state index contributed by atoms with van der Waals surface area (Å²) in [5.41, 5.74) is 5.93. The average Bonchev–Trinajstić information content (AvgIpc) is 2.48. The van der Waals surface area contributed by atoms with Crippen molar-refractivity contribution in [3.63, 3.8) is 0 Å². The summed E-state index contributed by atoms with van der Waals surface area (Å²) in [6.07, 6.45) is 0. The normalized spacial score (nSPS) is 18.8. The molecule has 1 aliphatic rings. The van der Waals surface area contributed by atoms with Gasteiger partial charge in [0.15, 0.2) is 0 Å². The first-order valence-corrected chi connectivity index (χ1v) is 5.48. The van der Waals surface area contributed by atoms with Gasteiger partial charge in [0.05, 0.1) is 0 Å². The van der Waals surface area contributed by atoms with Gasteiger partial charge in [-0.3, -0.25) is 0 Å². The summed E-state index contributed by atoms with van der Waals surface area (Å²) in [7, 11) is 0. The van der Waals surface area contributed by atoms with Gasteiger partial charge in [0.25, 0.3) is 0 Å². The van der Waals surface area contributed by atoms with E-state index in [9.17, 15) is 0 Å². The third kappa shape index (κ3) is 1.61. The molecule has 0 aromatic heterocycles. The predicted octanol–water partition coefficient (Wildman–Crippen LogP) is 4.62. The molecule has 76 valence electrons. The molecule has 0 amide bonds. The molecular weight excluding hydrogens is 168 g/mol. The molecule has 1 aromatic rings. The maximum Gasteiger partial charge on any atom is 0.00290 e. The highest BCUT2D eigenvalue weighted by Crippen LogP contribution is 2.40. The molecule has 1 atom stereocenters. The van der Waals surface area contributed by atoms with Crippen LogP contribution in [0.5, 0.6) is 0 Å². The molecule has 0 heterocycles. The van der Waals surface area contributed by atoms with E-state index in [4.69, 9.17) is 0 Å². The van der Waals surface area contributed by atoms with E-state index in [2.05, 4.69) is 45.0 Å². The summed E-state index contributed by atoms with van der Waals surface area (Å²) in [4.78, 5) is 0. The van der Waals surface area contributed by atoms with Crippen molar-refractivity contribution in [3.05, 3.63) is 41.0 Å². The van der Waals surface area contributed by atoms with Crippen LogP contribution in [0.1, 0.15) is 51.7 Å². The van der Waals surface area contributed by atoms with Gasteiger partial charge in [0.2, 0.25) is 0 Å². The third-order valence-corrected chi connectivity index (χ3v) is 3.07. The number of rotatable bonds is 0. The first-order valence-electron chi connectivity index (χ1n) is 5.48. The van der Waals surface area contributed by atoms with Gasteiger partial charge >= 0.3 is 0 Å². The molecule has 1 aliphatic carbocycles. The highest BCUT2D eigenvalue weighted by molar-refractivity contribution is 5.76. The zero-order valence-corrected chi connectivity index (χ0v) is 9.89. The number of hydrogen-bond acceptors (Lipinski definition) is 0. The molecule has 0 radical (unpaired) electrons. The molecular formula is C14H20. The van der Waals surface area contributed by atoms with Crippen molar-refractivity contribution in [2.45, 2.75) is 40.5 Å². The molecule has 0 bridgehead atoms. The van der Waals surface area contributed by atoms with Crippen molar-refractivity contribution in [3.8, 4) is 0 Å². The molecule has 0 saturated heterocycles. The Labute approximate surface area is 87.7 Å². The maximum absolute atomic E-state index is 2.28. The molecule has 1 aromatic carbocycles. The lowest BCUT2D eigenvalue weighted by Gasteiger charge is -2.05. The smallest absolute Gasteiger partial charge is 0.00290 e. The van der Waals surface area contributed by atoms with E-state index >= 15 is 0 Å². The fourth-order valence-electron chi connectivity index (χ4n) is 1.99. The fraction of sp³-hybridized carbons (Fsp3) is 0.429. The molecule has 0 saturated carbocycles. The Balaban J connectivity index is 0.000000461. The van der Waals surface area contributed by atoms with Gasteiger partial charge in [0, 0.05) is 5.92 Å². The minimum Gasteiger partial charge on any atom is -0.0683 e. The Bertz CT molecular complexity index is 345. The van der Waals surface area contributed by atoms with Crippen LogP contribution < -0.4 is 0 Å². The molecule has 0 N–H and O–H groups in total. The van der Waals surface area contributed by atoms with Gasteiger partial charge < -0.3 is 0 Å². The SMILES string of the molecule is CC.CC1=C(C)C(C)c2ccccc21. The minimum absolute atomic E-state index is 0.626. The summed E-state index contributed by atoms with van der Waals surface area (Å²) in [6, 6.07) is 8.70. The van der Waals surface area contributed by atoms with Crippen LogP contribution >= 0.6 is 0 Å². The topological polar surface area (TPSA) is 0 Å². The van der Waals surface area contributed by atoms with E-state index in [-0.39, 0.29) is 0 Å². The van der Waals surface area contributed by atoms with Gasteiger partial charge in [-0.25, -0.2) is 0 Å². The Morgan fingerprint density at radius 3 is 2.14 bits per heavy atom. The Hall–Kier alpha value is -1.04. The van der Waals surface area contributed by atoms with E-state index in [1.165, 1.54) is 22.3 Å². The van der Waals surface area contributed by atoms with Crippen LogP contribution in [0.15, 0.2) is 29.8 Å². The van der Waals surface area contributed by atoms with Crippen LogP contribution in [-0.4, -0.2) is 0 Å². The lowest BCUT2D eigenvalue weighted by Crippen LogP contribution is -1.88. The second-order valence-corrected chi connectivity index (χ2v) is 3.62. The van der Waals surface area contributed by atoms with Crippen molar-refractivity contribution in [1.29, 1.82) is 0 Å². The average molecular weight is 188 g/mol. The first kappa shape index (κ1) is 11.0. The molecule has 0 heteroatoms. The van der Waals surface area contributed by atoms with Crippen LogP contribution in [0, 0.1) is 0 Å². The van der Waals surface area contributed by atoms with Crippen LogP contribution in [0.4, 0.5) is 0 Å². The van der Waals surface area contributed by atoms with Crippen molar-refractivity contribution < 1.29 is 0 Å². The maximum atomic E-state index is 2.28. The Morgan fingerprint density at radius 1 is 1.00 bits per heavy atom. The van der Waals surface area contributed by atoms with Gasteiger partial charge in [-0.15, -0.1) is 0 Å². The molecule has 2 rings (SSSR count). The summed E-state index contributed by atoms with van der Waals surface area (Å²) in [5, 5.41) is 0. The van der Waals surface area contributed by atoms with Crippen LogP contribution in [0.2, 0.25) is 0 Å². The highest BCUT2D eigenvalue weighted by atomic mass is 14.3. The lowest BCUT2D eigenvalue weighted by atomic mass is 9.99. The van der Waals surface area contributed by atoms with E-state index < -0.39 is 0 Å². The minimum atomic E-state index is 0.626. The Kier molecular flexibility index (Phi) is 3.51.